The van der Waals surface area contributed by atoms with Crippen LogP contribution in [0, 0.1) is 0 Å². The smallest absolute Gasteiger partial charge is 0.213 e. The minimum Gasteiger partial charge on any atom is -0.343 e. The van der Waals surface area contributed by atoms with Crippen LogP contribution in [0.4, 0.5) is 0 Å². The average molecular weight is 252 g/mol. The van der Waals surface area contributed by atoms with Crippen molar-refractivity contribution in [2.45, 2.75) is 57.5 Å². The van der Waals surface area contributed by atoms with E-state index in [1.807, 2.05) is 0 Å². The van der Waals surface area contributed by atoms with Crippen LogP contribution in [0.15, 0.2) is 10.9 Å². The molecule has 2 atom stereocenters. The lowest BCUT2D eigenvalue weighted by atomic mass is 10.0. The summed E-state index contributed by atoms with van der Waals surface area (Å²) in [5.41, 5.74) is 0. The monoisotopic (exact) mass is 252 g/mol. The van der Waals surface area contributed by atoms with Crippen molar-refractivity contribution in [1.82, 2.24) is 20.8 Å². The Morgan fingerprint density at radius 2 is 2.44 bits per heavy atom. The van der Waals surface area contributed by atoms with E-state index in [1.54, 1.807) is 0 Å². The zero-order chi connectivity index (χ0) is 12.6. The minimum absolute atomic E-state index is 0.535. The third-order valence-corrected chi connectivity index (χ3v) is 3.55. The zero-order valence-corrected chi connectivity index (χ0v) is 11.2. The number of hydrogen-bond acceptors (Lipinski definition) is 5. The maximum Gasteiger partial charge on any atom is 0.213 e. The summed E-state index contributed by atoms with van der Waals surface area (Å²) in [5.74, 6) is 0.780. The highest BCUT2D eigenvalue weighted by Crippen LogP contribution is 2.12. The van der Waals surface area contributed by atoms with Gasteiger partial charge in [0.05, 0.1) is 0 Å². The molecule has 2 unspecified atom stereocenters. The zero-order valence-electron chi connectivity index (χ0n) is 11.2. The summed E-state index contributed by atoms with van der Waals surface area (Å²) < 4.78 is 4.71. The van der Waals surface area contributed by atoms with Crippen LogP contribution in [-0.4, -0.2) is 35.3 Å². The van der Waals surface area contributed by atoms with Crippen molar-refractivity contribution in [2.75, 3.05) is 13.1 Å². The molecule has 1 aromatic heterocycles. The van der Waals surface area contributed by atoms with Gasteiger partial charge in [0.1, 0.15) is 0 Å². The number of nitrogens with zero attached hydrogens (tertiary/aromatic N) is 2. The molecule has 0 bridgehead atoms. The van der Waals surface area contributed by atoms with E-state index >= 15 is 0 Å². The minimum atomic E-state index is 0.535. The fraction of sp³-hybridized carbons (Fsp3) is 0.846. The third-order valence-electron chi connectivity index (χ3n) is 3.55. The van der Waals surface area contributed by atoms with Gasteiger partial charge in [-0.3, -0.25) is 0 Å². The Morgan fingerprint density at radius 3 is 3.28 bits per heavy atom. The number of nitrogens with one attached hydrogen (secondary N) is 2. The Labute approximate surface area is 109 Å². The Balaban J connectivity index is 1.60. The van der Waals surface area contributed by atoms with Crippen molar-refractivity contribution in [1.29, 1.82) is 0 Å². The molecule has 2 rings (SSSR count). The Morgan fingerprint density at radius 1 is 1.50 bits per heavy atom. The summed E-state index contributed by atoms with van der Waals surface area (Å²) >= 11 is 0. The fourth-order valence-corrected chi connectivity index (χ4v) is 2.55. The third kappa shape index (κ3) is 4.74. The topological polar surface area (TPSA) is 63.0 Å². The second kappa shape index (κ2) is 7.48. The van der Waals surface area contributed by atoms with Gasteiger partial charge in [-0.25, -0.2) is 0 Å². The molecule has 5 heteroatoms. The molecule has 1 aromatic rings. The Bertz CT molecular complexity index is 307. The van der Waals surface area contributed by atoms with Crippen LogP contribution < -0.4 is 10.6 Å². The van der Waals surface area contributed by atoms with Gasteiger partial charge in [0, 0.05) is 25.0 Å². The predicted octanol–water partition coefficient (Wildman–Crippen LogP) is 1.51. The SMILES string of the molecule is CC(CC1CCCCCN1)NCCc1ncon1. The summed E-state index contributed by atoms with van der Waals surface area (Å²) in [4.78, 5) is 4.01. The van der Waals surface area contributed by atoms with Crippen LogP contribution in [0.5, 0.6) is 0 Å². The average Bonchev–Trinajstić information content (AvgIpc) is 2.74. The largest absolute Gasteiger partial charge is 0.343 e. The molecule has 1 aliphatic rings. The van der Waals surface area contributed by atoms with Crippen LogP contribution in [0.3, 0.4) is 0 Å². The predicted molar refractivity (Wildman–Crippen MR) is 70.3 cm³/mol. The van der Waals surface area contributed by atoms with Gasteiger partial charge in [0.2, 0.25) is 6.39 Å². The second-order valence-electron chi connectivity index (χ2n) is 5.19. The molecule has 18 heavy (non-hydrogen) atoms. The first-order chi connectivity index (χ1) is 8.84. The Kier molecular flexibility index (Phi) is 5.61. The molecular weight excluding hydrogens is 228 g/mol. The fourth-order valence-electron chi connectivity index (χ4n) is 2.55. The van der Waals surface area contributed by atoms with Crippen molar-refractivity contribution in [3.8, 4) is 0 Å². The van der Waals surface area contributed by atoms with Crippen LogP contribution in [0.2, 0.25) is 0 Å². The van der Waals surface area contributed by atoms with Gasteiger partial charge < -0.3 is 15.2 Å². The van der Waals surface area contributed by atoms with Gasteiger partial charge in [-0.15, -0.1) is 0 Å². The summed E-state index contributed by atoms with van der Waals surface area (Å²) in [6.07, 6.45) is 8.81. The van der Waals surface area contributed by atoms with Crippen molar-refractivity contribution in [2.24, 2.45) is 0 Å². The van der Waals surface area contributed by atoms with Gasteiger partial charge in [0.15, 0.2) is 5.82 Å². The van der Waals surface area contributed by atoms with Crippen LogP contribution in [0.25, 0.3) is 0 Å². The molecule has 1 fully saturated rings. The lowest BCUT2D eigenvalue weighted by Crippen LogP contribution is -2.37. The van der Waals surface area contributed by atoms with Crippen LogP contribution in [0.1, 0.15) is 44.9 Å². The molecule has 1 aliphatic heterocycles. The first-order valence-corrected chi connectivity index (χ1v) is 7.06. The second-order valence-corrected chi connectivity index (χ2v) is 5.19. The summed E-state index contributed by atoms with van der Waals surface area (Å²) in [5, 5.41) is 11.0. The number of rotatable bonds is 6. The maximum atomic E-state index is 4.71. The molecule has 0 radical (unpaired) electrons. The van der Waals surface area contributed by atoms with Crippen molar-refractivity contribution in [3.63, 3.8) is 0 Å². The van der Waals surface area contributed by atoms with E-state index in [1.165, 1.54) is 45.0 Å². The van der Waals surface area contributed by atoms with Crippen LogP contribution >= 0.6 is 0 Å². The Hall–Kier alpha value is -0.940. The molecule has 0 aliphatic carbocycles. The van der Waals surface area contributed by atoms with Crippen molar-refractivity contribution >= 4 is 0 Å². The molecule has 0 amide bonds. The molecule has 2 N–H and O–H groups in total. The normalized spacial score (nSPS) is 22.6. The summed E-state index contributed by atoms with van der Waals surface area (Å²) in [6.45, 7) is 4.34. The van der Waals surface area contributed by atoms with Gasteiger partial charge in [-0.2, -0.15) is 4.98 Å². The highest BCUT2D eigenvalue weighted by Gasteiger charge is 2.14. The lowest BCUT2D eigenvalue weighted by molar-refractivity contribution is 0.396. The summed E-state index contributed by atoms with van der Waals surface area (Å²) in [7, 11) is 0. The molecule has 0 spiro atoms. The molecule has 1 saturated heterocycles. The van der Waals surface area contributed by atoms with Crippen molar-refractivity contribution < 1.29 is 4.52 Å². The molecule has 2 heterocycles. The van der Waals surface area contributed by atoms with Gasteiger partial charge in [0.25, 0.3) is 0 Å². The number of hydrogen-bond donors (Lipinski definition) is 2. The summed E-state index contributed by atoms with van der Waals surface area (Å²) in [6, 6.07) is 1.22. The molecule has 0 saturated carbocycles. The molecular formula is C13H24N4O. The first kappa shape index (κ1) is 13.5. The molecule has 0 aromatic carbocycles. The van der Waals surface area contributed by atoms with E-state index in [9.17, 15) is 0 Å². The molecule has 5 nitrogen and oxygen atoms in total. The van der Waals surface area contributed by atoms with Gasteiger partial charge in [-0.1, -0.05) is 18.0 Å². The standard InChI is InChI=1S/C13H24N4O/c1-11(9-12-5-3-2-4-7-15-12)14-8-6-13-16-10-18-17-13/h10-12,14-15H,2-9H2,1H3. The number of aromatic nitrogens is 2. The molecule has 102 valence electrons. The first-order valence-electron chi connectivity index (χ1n) is 7.06. The van der Waals surface area contributed by atoms with E-state index in [2.05, 4.69) is 27.7 Å². The van der Waals surface area contributed by atoms with E-state index in [0.717, 1.165) is 18.8 Å². The van der Waals surface area contributed by atoms with Gasteiger partial charge >= 0.3 is 0 Å². The lowest BCUT2D eigenvalue weighted by Gasteiger charge is -2.21. The van der Waals surface area contributed by atoms with E-state index < -0.39 is 0 Å². The highest BCUT2D eigenvalue weighted by molar-refractivity contribution is 4.81. The quantitative estimate of drug-likeness (QED) is 0.803. The van der Waals surface area contributed by atoms with E-state index in [0.29, 0.717) is 12.1 Å². The van der Waals surface area contributed by atoms with Crippen LogP contribution in [-0.2, 0) is 6.42 Å². The van der Waals surface area contributed by atoms with Gasteiger partial charge in [-0.05, 0) is 32.7 Å². The van der Waals surface area contributed by atoms with Crippen molar-refractivity contribution in [3.05, 3.63) is 12.2 Å². The highest BCUT2D eigenvalue weighted by atomic mass is 16.5. The maximum absolute atomic E-state index is 4.71. The van der Waals surface area contributed by atoms with E-state index in [4.69, 9.17) is 4.52 Å². The van der Waals surface area contributed by atoms with E-state index in [-0.39, 0.29) is 0 Å².